The molecule has 0 aromatic carbocycles. The van der Waals surface area contributed by atoms with Gasteiger partial charge in [0.25, 0.3) is 0 Å². The van der Waals surface area contributed by atoms with Gasteiger partial charge in [-0.2, -0.15) is 0 Å². The van der Waals surface area contributed by atoms with E-state index in [2.05, 4.69) is 9.72 Å². The number of morpholine rings is 1. The van der Waals surface area contributed by atoms with Crippen LogP contribution in [-0.4, -0.2) is 49.8 Å². The van der Waals surface area contributed by atoms with E-state index >= 15 is 0 Å². The van der Waals surface area contributed by atoms with Gasteiger partial charge in [-0.1, -0.05) is 0 Å². The summed E-state index contributed by atoms with van der Waals surface area (Å²) in [4.78, 5) is 28.4. The van der Waals surface area contributed by atoms with E-state index in [1.165, 1.54) is 13.3 Å². The third kappa shape index (κ3) is 3.00. The molecule has 2 N–H and O–H groups in total. The van der Waals surface area contributed by atoms with E-state index in [0.29, 0.717) is 31.1 Å². The van der Waals surface area contributed by atoms with Gasteiger partial charge in [-0.05, 0) is 12.1 Å². The van der Waals surface area contributed by atoms with Crippen LogP contribution in [0.25, 0.3) is 0 Å². The van der Waals surface area contributed by atoms with Crippen LogP contribution in [0.1, 0.15) is 10.4 Å². The number of methoxy groups -OCH3 is 1. The van der Waals surface area contributed by atoms with Crippen LogP contribution in [0.3, 0.4) is 0 Å². The Morgan fingerprint density at radius 2 is 2.32 bits per heavy atom. The van der Waals surface area contributed by atoms with Gasteiger partial charge < -0.3 is 20.1 Å². The number of amides is 1. The van der Waals surface area contributed by atoms with Crippen molar-refractivity contribution in [1.29, 1.82) is 0 Å². The minimum absolute atomic E-state index is 0.349. The van der Waals surface area contributed by atoms with Crippen molar-refractivity contribution < 1.29 is 19.1 Å². The van der Waals surface area contributed by atoms with Gasteiger partial charge in [0.1, 0.15) is 5.82 Å². The van der Waals surface area contributed by atoms with Gasteiger partial charge in [0.15, 0.2) is 6.10 Å². The topological polar surface area (TPSA) is 94.8 Å². The molecule has 2 rings (SSSR count). The van der Waals surface area contributed by atoms with E-state index in [0.717, 1.165) is 0 Å². The smallest absolute Gasteiger partial charge is 0.336 e. The average Bonchev–Trinajstić information content (AvgIpc) is 2.46. The van der Waals surface area contributed by atoms with Crippen LogP contribution in [0.5, 0.6) is 0 Å². The average molecular weight is 265 g/mol. The lowest BCUT2D eigenvalue weighted by Gasteiger charge is -2.32. The molecule has 1 aromatic heterocycles. The van der Waals surface area contributed by atoms with Gasteiger partial charge in [-0.25, -0.2) is 9.78 Å². The lowest BCUT2D eigenvalue weighted by molar-refractivity contribution is -0.154. The summed E-state index contributed by atoms with van der Waals surface area (Å²) < 4.78 is 9.98. The molecule has 1 fully saturated rings. The highest BCUT2D eigenvalue weighted by Crippen LogP contribution is 2.16. The highest BCUT2D eigenvalue weighted by molar-refractivity contribution is 5.92. The predicted octanol–water partition coefficient (Wildman–Crippen LogP) is -0.441. The van der Waals surface area contributed by atoms with Crippen LogP contribution in [0.15, 0.2) is 18.3 Å². The molecule has 1 aliphatic heterocycles. The van der Waals surface area contributed by atoms with Gasteiger partial charge in [-0.15, -0.1) is 0 Å². The maximum atomic E-state index is 11.4. The number of carbonyl (C=O) groups excluding carboxylic acids is 2. The Kier molecular flexibility index (Phi) is 3.96. The zero-order valence-electron chi connectivity index (χ0n) is 10.5. The van der Waals surface area contributed by atoms with E-state index < -0.39 is 18.0 Å². The van der Waals surface area contributed by atoms with Gasteiger partial charge in [0, 0.05) is 12.7 Å². The molecule has 0 radical (unpaired) electrons. The van der Waals surface area contributed by atoms with Crippen LogP contribution >= 0.6 is 0 Å². The molecule has 1 saturated heterocycles. The number of nitrogens with zero attached hydrogens (tertiary/aromatic N) is 2. The molecule has 7 nitrogen and oxygen atoms in total. The van der Waals surface area contributed by atoms with E-state index in [1.807, 2.05) is 4.90 Å². The molecule has 1 aliphatic rings. The van der Waals surface area contributed by atoms with Crippen molar-refractivity contribution in [2.75, 3.05) is 31.7 Å². The van der Waals surface area contributed by atoms with Crippen molar-refractivity contribution in [2.45, 2.75) is 6.10 Å². The Balaban J connectivity index is 2.08. The highest BCUT2D eigenvalue weighted by Gasteiger charge is 2.27. The molecule has 0 saturated carbocycles. The number of anilines is 1. The second-order valence-corrected chi connectivity index (χ2v) is 4.10. The fourth-order valence-corrected chi connectivity index (χ4v) is 1.85. The molecule has 0 bridgehead atoms. The van der Waals surface area contributed by atoms with Crippen molar-refractivity contribution in [3.8, 4) is 0 Å². The summed E-state index contributed by atoms with van der Waals surface area (Å²) >= 11 is 0. The largest absolute Gasteiger partial charge is 0.467 e. The highest BCUT2D eigenvalue weighted by atomic mass is 16.6. The Morgan fingerprint density at radius 1 is 1.53 bits per heavy atom. The first-order valence-corrected chi connectivity index (χ1v) is 5.82. The number of nitrogens with two attached hydrogens (primary N) is 1. The first-order valence-electron chi connectivity index (χ1n) is 5.82. The number of carbonyl (C=O) groups is 2. The van der Waals surface area contributed by atoms with Gasteiger partial charge in [-0.3, -0.25) is 4.79 Å². The quantitative estimate of drug-likeness (QED) is 0.744. The zero-order valence-corrected chi connectivity index (χ0v) is 10.5. The number of esters is 1. The predicted molar refractivity (Wildman–Crippen MR) is 66.7 cm³/mol. The first-order chi connectivity index (χ1) is 9.11. The lowest BCUT2D eigenvalue weighted by Crippen LogP contribution is -2.46. The molecule has 1 aromatic rings. The maximum absolute atomic E-state index is 11.4. The number of ether oxygens (including phenoxy) is 2. The van der Waals surface area contributed by atoms with E-state index in [-0.39, 0.29) is 0 Å². The Labute approximate surface area is 110 Å². The summed E-state index contributed by atoms with van der Waals surface area (Å²) in [6, 6.07) is 3.30. The van der Waals surface area contributed by atoms with Gasteiger partial charge >= 0.3 is 5.97 Å². The minimum Gasteiger partial charge on any atom is -0.467 e. The van der Waals surface area contributed by atoms with Crippen LogP contribution in [0.2, 0.25) is 0 Å². The summed E-state index contributed by atoms with van der Waals surface area (Å²) in [6.07, 6.45) is 0.802. The monoisotopic (exact) mass is 265 g/mol. The molecule has 1 amide bonds. The molecule has 1 unspecified atom stereocenters. The molecule has 19 heavy (non-hydrogen) atoms. The standard InChI is InChI=1S/C12H15N3O4/c1-18-12(17)9-7-15(4-5-19-9)10-3-2-8(6-14-10)11(13)16/h2-3,6,9H,4-5,7H2,1H3,(H2,13,16). The Morgan fingerprint density at radius 3 is 2.89 bits per heavy atom. The van der Waals surface area contributed by atoms with Crippen molar-refractivity contribution in [3.63, 3.8) is 0 Å². The van der Waals surface area contributed by atoms with E-state index in [9.17, 15) is 9.59 Å². The third-order valence-electron chi connectivity index (χ3n) is 2.89. The molecule has 0 aliphatic carbocycles. The summed E-state index contributed by atoms with van der Waals surface area (Å²) in [5, 5.41) is 0. The van der Waals surface area contributed by atoms with Gasteiger partial charge in [0.2, 0.25) is 5.91 Å². The zero-order chi connectivity index (χ0) is 13.8. The summed E-state index contributed by atoms with van der Waals surface area (Å²) in [5.74, 6) is -0.255. The van der Waals surface area contributed by atoms with Gasteiger partial charge in [0.05, 0.1) is 25.8 Å². The third-order valence-corrected chi connectivity index (χ3v) is 2.89. The number of pyridine rings is 1. The van der Waals surface area contributed by atoms with Crippen molar-refractivity contribution >= 4 is 17.7 Å². The number of primary amides is 1. The number of rotatable bonds is 3. The number of aromatic nitrogens is 1. The molecular weight excluding hydrogens is 250 g/mol. The Hall–Kier alpha value is -2.15. The fraction of sp³-hybridized carbons (Fsp3) is 0.417. The molecule has 2 heterocycles. The normalized spacial score (nSPS) is 19.0. The Bertz CT molecular complexity index is 474. The number of hydrogen-bond acceptors (Lipinski definition) is 6. The maximum Gasteiger partial charge on any atom is 0.336 e. The first kappa shape index (κ1) is 13.3. The van der Waals surface area contributed by atoms with E-state index in [4.69, 9.17) is 10.5 Å². The molecular formula is C12H15N3O4. The van der Waals surface area contributed by atoms with Crippen LogP contribution < -0.4 is 10.6 Å². The summed E-state index contributed by atoms with van der Waals surface area (Å²) in [6.45, 7) is 1.41. The molecule has 0 spiro atoms. The van der Waals surface area contributed by atoms with Crippen molar-refractivity contribution in [3.05, 3.63) is 23.9 Å². The van der Waals surface area contributed by atoms with E-state index in [1.54, 1.807) is 12.1 Å². The lowest BCUT2D eigenvalue weighted by atomic mass is 10.2. The number of hydrogen-bond donors (Lipinski definition) is 1. The fourth-order valence-electron chi connectivity index (χ4n) is 1.85. The summed E-state index contributed by atoms with van der Waals surface area (Å²) in [7, 11) is 1.32. The van der Waals surface area contributed by atoms with Crippen LogP contribution in [-0.2, 0) is 14.3 Å². The second-order valence-electron chi connectivity index (χ2n) is 4.10. The molecule has 7 heteroatoms. The molecule has 102 valence electrons. The molecule has 1 atom stereocenters. The van der Waals surface area contributed by atoms with Crippen LogP contribution in [0, 0.1) is 0 Å². The second kappa shape index (κ2) is 5.66. The van der Waals surface area contributed by atoms with Crippen molar-refractivity contribution in [1.82, 2.24) is 4.98 Å². The van der Waals surface area contributed by atoms with Crippen LogP contribution in [0.4, 0.5) is 5.82 Å². The SMILES string of the molecule is COC(=O)C1CN(c2ccc(C(N)=O)cn2)CCO1. The van der Waals surface area contributed by atoms with Crippen molar-refractivity contribution in [2.24, 2.45) is 5.73 Å². The summed E-state index contributed by atoms with van der Waals surface area (Å²) in [5.41, 5.74) is 5.50. The minimum atomic E-state index is -0.614.